The molecule has 2 fully saturated rings. The lowest BCUT2D eigenvalue weighted by molar-refractivity contribution is -0.0522. The molecule has 1 N–H and O–H groups in total. The first-order valence-corrected chi connectivity index (χ1v) is 8.93. The maximum Gasteiger partial charge on any atom is 0.387 e. The van der Waals surface area contributed by atoms with Gasteiger partial charge in [0.25, 0.3) is 0 Å². The molecule has 0 aliphatic carbocycles. The number of ether oxygens (including phenoxy) is 3. The fourth-order valence-electron chi connectivity index (χ4n) is 3.55. The molecular formula is C18H22F2N2O4. The summed E-state index contributed by atoms with van der Waals surface area (Å²) < 4.78 is 41.5. The van der Waals surface area contributed by atoms with Crippen molar-refractivity contribution in [2.24, 2.45) is 5.16 Å². The number of nitrogens with one attached hydrogen (secondary N) is 1. The Balaban J connectivity index is 1.55. The predicted octanol–water partition coefficient (Wildman–Crippen LogP) is 2.70. The minimum atomic E-state index is -2.90. The zero-order valence-corrected chi connectivity index (χ0v) is 14.4. The standard InChI is InChI=1S/C18H22F2N2O4/c19-17(20)25-15-4-3-12(8-16(15)24-13-2-1-6-21-10-13)14-9-18(26-22-14)5-7-23-11-18/h3-4,8,13,17,21H,1-2,5-7,9-11H2. The average Bonchev–Trinajstić information content (AvgIpc) is 3.27. The molecule has 0 aromatic heterocycles. The van der Waals surface area contributed by atoms with E-state index in [9.17, 15) is 8.78 Å². The van der Waals surface area contributed by atoms with E-state index in [1.807, 2.05) is 0 Å². The minimum Gasteiger partial charge on any atom is -0.485 e. The minimum absolute atomic E-state index is 0.0350. The van der Waals surface area contributed by atoms with Gasteiger partial charge >= 0.3 is 6.61 Å². The summed E-state index contributed by atoms with van der Waals surface area (Å²) in [7, 11) is 0. The summed E-state index contributed by atoms with van der Waals surface area (Å²) in [5.41, 5.74) is 1.17. The Kier molecular flexibility index (Phi) is 4.95. The largest absolute Gasteiger partial charge is 0.485 e. The Labute approximate surface area is 150 Å². The van der Waals surface area contributed by atoms with E-state index in [1.54, 1.807) is 12.1 Å². The summed E-state index contributed by atoms with van der Waals surface area (Å²) in [6.45, 7) is -0.100. The summed E-state index contributed by atoms with van der Waals surface area (Å²) >= 11 is 0. The monoisotopic (exact) mass is 368 g/mol. The topological polar surface area (TPSA) is 61.3 Å². The Morgan fingerprint density at radius 3 is 2.96 bits per heavy atom. The highest BCUT2D eigenvalue weighted by molar-refractivity contribution is 6.02. The zero-order chi connectivity index (χ0) is 18.0. The SMILES string of the molecule is FC(F)Oc1ccc(C2=NOC3(CCOC3)C2)cc1OC1CCCNC1. The van der Waals surface area contributed by atoms with Crippen molar-refractivity contribution in [2.45, 2.75) is 44.0 Å². The Morgan fingerprint density at radius 1 is 1.31 bits per heavy atom. The van der Waals surface area contributed by atoms with Crippen LogP contribution < -0.4 is 14.8 Å². The lowest BCUT2D eigenvalue weighted by Gasteiger charge is -2.25. The molecule has 2 unspecified atom stereocenters. The van der Waals surface area contributed by atoms with Gasteiger partial charge in [-0.25, -0.2) is 0 Å². The molecule has 3 aliphatic heterocycles. The lowest BCUT2D eigenvalue weighted by Crippen LogP contribution is -2.37. The second-order valence-corrected chi connectivity index (χ2v) is 6.92. The third kappa shape index (κ3) is 3.76. The first kappa shape index (κ1) is 17.5. The van der Waals surface area contributed by atoms with Gasteiger partial charge in [-0.1, -0.05) is 5.16 Å². The molecule has 142 valence electrons. The fraction of sp³-hybridized carbons (Fsp3) is 0.611. The highest BCUT2D eigenvalue weighted by Crippen LogP contribution is 2.37. The third-order valence-electron chi connectivity index (χ3n) is 4.94. The molecule has 2 saturated heterocycles. The quantitative estimate of drug-likeness (QED) is 0.866. The molecular weight excluding hydrogens is 346 g/mol. The molecule has 3 aliphatic rings. The number of hydrogen-bond donors (Lipinski definition) is 1. The zero-order valence-electron chi connectivity index (χ0n) is 14.4. The van der Waals surface area contributed by atoms with Crippen molar-refractivity contribution < 1.29 is 27.8 Å². The van der Waals surface area contributed by atoms with Crippen LogP contribution in [0.5, 0.6) is 11.5 Å². The van der Waals surface area contributed by atoms with Crippen molar-refractivity contribution in [1.29, 1.82) is 0 Å². The van der Waals surface area contributed by atoms with Crippen LogP contribution >= 0.6 is 0 Å². The van der Waals surface area contributed by atoms with Crippen LogP contribution in [0.3, 0.4) is 0 Å². The molecule has 0 bridgehead atoms. The van der Waals surface area contributed by atoms with E-state index in [0.29, 0.717) is 31.9 Å². The van der Waals surface area contributed by atoms with E-state index in [0.717, 1.165) is 37.1 Å². The maximum absolute atomic E-state index is 12.7. The first-order valence-electron chi connectivity index (χ1n) is 8.93. The molecule has 3 heterocycles. The van der Waals surface area contributed by atoms with Crippen LogP contribution in [0.25, 0.3) is 0 Å². The van der Waals surface area contributed by atoms with Gasteiger partial charge in [-0.3, -0.25) is 0 Å². The van der Waals surface area contributed by atoms with Gasteiger partial charge in [-0.05, 0) is 37.6 Å². The molecule has 1 aromatic carbocycles. The molecule has 8 heteroatoms. The summed E-state index contributed by atoms with van der Waals surface area (Å²) in [5, 5.41) is 7.45. The van der Waals surface area contributed by atoms with Crippen LogP contribution in [-0.2, 0) is 9.57 Å². The number of alkyl halides is 2. The van der Waals surface area contributed by atoms with Gasteiger partial charge < -0.3 is 24.4 Å². The number of benzene rings is 1. The highest BCUT2D eigenvalue weighted by atomic mass is 19.3. The van der Waals surface area contributed by atoms with Crippen molar-refractivity contribution in [1.82, 2.24) is 5.32 Å². The highest BCUT2D eigenvalue weighted by Gasteiger charge is 2.43. The van der Waals surface area contributed by atoms with Crippen molar-refractivity contribution in [3.05, 3.63) is 23.8 Å². The van der Waals surface area contributed by atoms with Crippen LogP contribution in [0.15, 0.2) is 23.4 Å². The summed E-state index contributed by atoms with van der Waals surface area (Å²) in [5.74, 6) is 0.343. The smallest absolute Gasteiger partial charge is 0.387 e. The first-order chi connectivity index (χ1) is 12.6. The van der Waals surface area contributed by atoms with Gasteiger partial charge in [0, 0.05) is 24.9 Å². The normalized spacial score (nSPS) is 28.3. The molecule has 26 heavy (non-hydrogen) atoms. The molecule has 6 nitrogen and oxygen atoms in total. The third-order valence-corrected chi connectivity index (χ3v) is 4.94. The van der Waals surface area contributed by atoms with Gasteiger partial charge in [0.05, 0.1) is 18.9 Å². The maximum atomic E-state index is 12.7. The Morgan fingerprint density at radius 2 is 2.23 bits per heavy atom. The van der Waals surface area contributed by atoms with Gasteiger partial charge in [-0.2, -0.15) is 8.78 Å². The van der Waals surface area contributed by atoms with E-state index in [2.05, 4.69) is 15.2 Å². The Bertz CT molecular complexity index is 671. The summed E-state index contributed by atoms with van der Waals surface area (Å²) in [6, 6.07) is 4.93. The van der Waals surface area contributed by atoms with Gasteiger partial charge in [0.1, 0.15) is 6.10 Å². The van der Waals surface area contributed by atoms with Crippen LogP contribution in [-0.4, -0.2) is 50.3 Å². The molecule has 2 atom stereocenters. The van der Waals surface area contributed by atoms with Crippen molar-refractivity contribution in [3.8, 4) is 11.5 Å². The molecule has 0 saturated carbocycles. The number of piperidine rings is 1. The van der Waals surface area contributed by atoms with Crippen molar-refractivity contribution >= 4 is 5.71 Å². The van der Waals surface area contributed by atoms with Gasteiger partial charge in [0.2, 0.25) is 0 Å². The number of nitrogens with zero attached hydrogens (tertiary/aromatic N) is 1. The molecule has 1 spiro atoms. The summed E-state index contributed by atoms with van der Waals surface area (Å²) in [6.07, 6.45) is 3.21. The Hall–Kier alpha value is -1.93. The number of rotatable bonds is 5. The van der Waals surface area contributed by atoms with Crippen molar-refractivity contribution in [2.75, 3.05) is 26.3 Å². The number of halogens is 2. The van der Waals surface area contributed by atoms with Gasteiger partial charge in [-0.15, -0.1) is 0 Å². The number of oxime groups is 1. The van der Waals surface area contributed by atoms with Crippen LogP contribution in [0.1, 0.15) is 31.2 Å². The average molecular weight is 368 g/mol. The summed E-state index contributed by atoms with van der Waals surface area (Å²) in [4.78, 5) is 5.61. The molecule has 0 radical (unpaired) electrons. The fourth-order valence-corrected chi connectivity index (χ4v) is 3.55. The van der Waals surface area contributed by atoms with E-state index >= 15 is 0 Å². The predicted molar refractivity (Wildman–Crippen MR) is 90.0 cm³/mol. The van der Waals surface area contributed by atoms with E-state index in [-0.39, 0.29) is 17.5 Å². The number of hydrogen-bond acceptors (Lipinski definition) is 6. The van der Waals surface area contributed by atoms with Crippen LogP contribution in [0.4, 0.5) is 8.78 Å². The lowest BCUT2D eigenvalue weighted by atomic mass is 9.93. The van der Waals surface area contributed by atoms with E-state index < -0.39 is 6.61 Å². The van der Waals surface area contributed by atoms with Gasteiger partial charge in [0.15, 0.2) is 17.1 Å². The van der Waals surface area contributed by atoms with Crippen molar-refractivity contribution in [3.63, 3.8) is 0 Å². The second kappa shape index (κ2) is 7.36. The second-order valence-electron chi connectivity index (χ2n) is 6.92. The van der Waals surface area contributed by atoms with E-state index in [1.165, 1.54) is 6.07 Å². The molecule has 1 aromatic rings. The molecule has 4 rings (SSSR count). The van der Waals surface area contributed by atoms with E-state index in [4.69, 9.17) is 14.3 Å². The van der Waals surface area contributed by atoms with Crippen LogP contribution in [0, 0.1) is 0 Å². The van der Waals surface area contributed by atoms with Crippen LogP contribution in [0.2, 0.25) is 0 Å². The molecule has 0 amide bonds.